The van der Waals surface area contributed by atoms with Gasteiger partial charge in [0.15, 0.2) is 5.82 Å². The number of aromatic nitrogens is 3. The third-order valence-corrected chi connectivity index (χ3v) is 4.61. The van der Waals surface area contributed by atoms with Crippen LogP contribution >= 0.6 is 23.4 Å². The molecular weight excluding hydrogens is 390 g/mol. The molecule has 27 heavy (non-hydrogen) atoms. The highest BCUT2D eigenvalue weighted by Gasteiger charge is 2.14. The Kier molecular flexibility index (Phi) is 5.68. The van der Waals surface area contributed by atoms with Crippen LogP contribution in [0.3, 0.4) is 0 Å². The number of nitrogens with one attached hydrogen (secondary N) is 1. The Labute approximate surface area is 163 Å². The first-order valence-corrected chi connectivity index (χ1v) is 8.82. The van der Waals surface area contributed by atoms with E-state index >= 15 is 0 Å². The van der Waals surface area contributed by atoms with E-state index in [1.807, 2.05) is 0 Å². The summed E-state index contributed by atoms with van der Waals surface area (Å²) in [6.07, 6.45) is 1.42. The van der Waals surface area contributed by atoms with Crippen molar-refractivity contribution in [2.45, 2.75) is 5.16 Å². The summed E-state index contributed by atoms with van der Waals surface area (Å²) >= 11 is 6.76. The Morgan fingerprint density at radius 3 is 2.70 bits per heavy atom. The molecule has 0 unspecified atom stereocenters. The molecule has 0 saturated heterocycles. The van der Waals surface area contributed by atoms with Gasteiger partial charge in [0, 0.05) is 10.6 Å². The van der Waals surface area contributed by atoms with E-state index in [2.05, 4.69) is 15.2 Å². The van der Waals surface area contributed by atoms with Gasteiger partial charge in [-0.3, -0.25) is 5.10 Å². The van der Waals surface area contributed by atoms with Gasteiger partial charge in [-0.2, -0.15) is 0 Å². The van der Waals surface area contributed by atoms with E-state index in [1.165, 1.54) is 31.4 Å². The topological polar surface area (TPSA) is 111 Å². The highest BCUT2D eigenvalue weighted by Crippen LogP contribution is 2.30. The summed E-state index contributed by atoms with van der Waals surface area (Å²) in [5, 5.41) is 28.7. The molecule has 9 heteroatoms. The lowest BCUT2D eigenvalue weighted by Crippen LogP contribution is -1.98. The highest BCUT2D eigenvalue weighted by atomic mass is 35.5. The van der Waals surface area contributed by atoms with Gasteiger partial charge in [0.25, 0.3) is 0 Å². The molecule has 0 aliphatic carbocycles. The maximum atomic E-state index is 11.6. The monoisotopic (exact) mass is 402 g/mol. The number of hydrogen-bond donors (Lipinski definition) is 2. The zero-order chi connectivity index (χ0) is 19.4. The van der Waals surface area contributed by atoms with Crippen molar-refractivity contribution in [2.75, 3.05) is 7.11 Å². The van der Waals surface area contributed by atoms with Crippen molar-refractivity contribution >= 4 is 35.4 Å². The van der Waals surface area contributed by atoms with Gasteiger partial charge in [-0.25, -0.2) is 9.78 Å². The van der Waals surface area contributed by atoms with E-state index in [0.717, 1.165) is 17.3 Å². The van der Waals surface area contributed by atoms with E-state index in [1.54, 1.807) is 24.3 Å². The molecular formula is C18H13ClN3O4S-. The summed E-state index contributed by atoms with van der Waals surface area (Å²) < 4.78 is 4.97. The van der Waals surface area contributed by atoms with Crippen molar-refractivity contribution in [2.24, 2.45) is 0 Å². The number of benzene rings is 2. The number of nitrogens with zero attached hydrogens (tertiary/aromatic N) is 2. The van der Waals surface area contributed by atoms with Crippen LogP contribution in [0, 0.1) is 0 Å². The lowest BCUT2D eigenvalue weighted by Gasteiger charge is -2.12. The molecule has 1 aromatic heterocycles. The summed E-state index contributed by atoms with van der Waals surface area (Å²) in [6.45, 7) is 0. The fraction of sp³-hybridized carbons (Fsp3) is 0.0556. The fourth-order valence-corrected chi connectivity index (χ4v) is 3.02. The normalized spacial score (nSPS) is 11.4. The van der Waals surface area contributed by atoms with Gasteiger partial charge in [-0.1, -0.05) is 29.5 Å². The van der Waals surface area contributed by atoms with Crippen LogP contribution in [0.5, 0.6) is 11.5 Å². The first-order valence-electron chi connectivity index (χ1n) is 7.62. The van der Waals surface area contributed by atoms with Crippen molar-refractivity contribution in [1.82, 2.24) is 15.2 Å². The van der Waals surface area contributed by atoms with E-state index in [0.29, 0.717) is 16.4 Å². The minimum Gasteiger partial charge on any atom is -0.870 e. The number of carboxylic acids is 1. The number of thioether (sulfide) groups is 1. The standard InChI is InChI=1S/C18H14ClN3O4S/c1-26-14-8-10(2-7-13(14)23)9-15(17(24)25)27-18-20-16(21-22-18)11-3-5-12(19)6-4-11/h2-9,23H,1H3,(H,24,25)(H,20,21,22)/p-1/b15-9-. The average Bonchev–Trinajstić information content (AvgIpc) is 3.11. The maximum absolute atomic E-state index is 11.6. The Morgan fingerprint density at radius 2 is 2.04 bits per heavy atom. The predicted octanol–water partition coefficient (Wildman–Crippen LogP) is 3.43. The molecule has 0 aliphatic heterocycles. The predicted molar refractivity (Wildman–Crippen MR) is 101 cm³/mol. The van der Waals surface area contributed by atoms with Gasteiger partial charge in [0.2, 0.25) is 5.16 Å². The smallest absolute Gasteiger partial charge is 0.342 e. The van der Waals surface area contributed by atoms with E-state index in [4.69, 9.17) is 16.3 Å². The number of halogens is 1. The molecule has 0 radical (unpaired) electrons. The van der Waals surface area contributed by atoms with Crippen molar-refractivity contribution in [1.29, 1.82) is 0 Å². The summed E-state index contributed by atoms with van der Waals surface area (Å²) in [7, 11) is 1.38. The van der Waals surface area contributed by atoms with Crippen LogP contribution in [0.1, 0.15) is 5.56 Å². The lowest BCUT2D eigenvalue weighted by molar-refractivity contribution is -0.270. The molecule has 0 aliphatic rings. The van der Waals surface area contributed by atoms with Crippen LogP contribution in [0.15, 0.2) is 52.5 Å². The second-order valence-electron chi connectivity index (χ2n) is 5.30. The van der Waals surface area contributed by atoms with Gasteiger partial charge in [-0.15, -0.1) is 5.10 Å². The minimum atomic E-state index is -1.14. The zero-order valence-electron chi connectivity index (χ0n) is 14.0. The third kappa shape index (κ3) is 4.60. The minimum absolute atomic E-state index is 0.00245. The van der Waals surface area contributed by atoms with Gasteiger partial charge in [0.1, 0.15) is 10.7 Å². The number of carbonyl (C=O) groups is 1. The second kappa shape index (κ2) is 8.15. The van der Waals surface area contributed by atoms with Crippen molar-refractivity contribution in [3.63, 3.8) is 0 Å². The molecule has 3 rings (SSSR count). The van der Waals surface area contributed by atoms with E-state index in [-0.39, 0.29) is 21.6 Å². The molecule has 0 bridgehead atoms. The molecule has 0 saturated carbocycles. The van der Waals surface area contributed by atoms with Crippen LogP contribution in [0.25, 0.3) is 17.5 Å². The van der Waals surface area contributed by atoms with Crippen molar-refractivity contribution in [3.05, 3.63) is 58.0 Å². The van der Waals surface area contributed by atoms with Crippen molar-refractivity contribution in [3.8, 4) is 22.9 Å². The molecule has 0 atom stereocenters. The Bertz CT molecular complexity index is 1000. The average molecular weight is 403 g/mol. The van der Waals surface area contributed by atoms with Gasteiger partial charge in [0.05, 0.1) is 7.11 Å². The SMILES string of the molecule is COc1cc(/C=C(\Sc2n[nH]c(-c3ccc(Cl)cc3)n2)C(=O)O)ccc1[O-]. The number of aromatic amines is 1. The number of carboxylic acid groups (broad SMARTS) is 1. The van der Waals surface area contributed by atoms with Crippen molar-refractivity contribution < 1.29 is 19.7 Å². The zero-order valence-corrected chi connectivity index (χ0v) is 15.5. The van der Waals surface area contributed by atoms with Crippen LogP contribution < -0.4 is 9.84 Å². The molecule has 2 N–H and O–H groups in total. The summed E-state index contributed by atoms with van der Waals surface area (Å²) in [5.74, 6) is -0.776. The summed E-state index contributed by atoms with van der Waals surface area (Å²) in [5.41, 5.74) is 1.29. The summed E-state index contributed by atoms with van der Waals surface area (Å²) in [6, 6.07) is 11.3. The highest BCUT2D eigenvalue weighted by molar-refractivity contribution is 8.04. The molecule has 1 heterocycles. The molecule has 7 nitrogen and oxygen atoms in total. The van der Waals surface area contributed by atoms with Gasteiger partial charge >= 0.3 is 5.97 Å². The first kappa shape index (κ1) is 18.8. The van der Waals surface area contributed by atoms with Crippen LogP contribution in [-0.4, -0.2) is 33.4 Å². The second-order valence-corrected chi connectivity index (χ2v) is 6.75. The Morgan fingerprint density at radius 1 is 1.30 bits per heavy atom. The Balaban J connectivity index is 1.85. The quantitative estimate of drug-likeness (QED) is 0.480. The molecule has 0 amide bonds. The summed E-state index contributed by atoms with van der Waals surface area (Å²) in [4.78, 5) is 15.9. The molecule has 0 fully saturated rings. The largest absolute Gasteiger partial charge is 0.870 e. The molecule has 138 valence electrons. The number of methoxy groups -OCH3 is 1. The van der Waals surface area contributed by atoms with Gasteiger partial charge in [-0.05, 0) is 53.7 Å². The van der Waals surface area contributed by atoms with Gasteiger partial charge < -0.3 is 14.9 Å². The molecule has 2 aromatic carbocycles. The van der Waals surface area contributed by atoms with Crippen LogP contribution in [-0.2, 0) is 4.79 Å². The molecule has 3 aromatic rings. The van der Waals surface area contributed by atoms with E-state index in [9.17, 15) is 15.0 Å². The Hall–Kier alpha value is -2.97. The lowest BCUT2D eigenvalue weighted by atomic mass is 10.2. The number of hydrogen-bond acceptors (Lipinski definition) is 6. The first-order chi connectivity index (χ1) is 13.0. The van der Waals surface area contributed by atoms with Crippen LogP contribution in [0.2, 0.25) is 5.02 Å². The van der Waals surface area contributed by atoms with Crippen LogP contribution in [0.4, 0.5) is 0 Å². The van der Waals surface area contributed by atoms with E-state index < -0.39 is 5.97 Å². The molecule has 0 spiro atoms. The number of rotatable bonds is 6. The maximum Gasteiger partial charge on any atom is 0.342 e. The third-order valence-electron chi connectivity index (χ3n) is 3.48. The number of H-pyrrole nitrogens is 1. The number of ether oxygens (including phenoxy) is 1. The fourth-order valence-electron chi connectivity index (χ4n) is 2.19. The number of aliphatic carboxylic acids is 1.